The van der Waals surface area contributed by atoms with Gasteiger partial charge in [0.1, 0.15) is 0 Å². The van der Waals surface area contributed by atoms with Crippen molar-refractivity contribution in [3.8, 4) is 0 Å². The quantitative estimate of drug-likeness (QED) is 0.852. The predicted molar refractivity (Wildman–Crippen MR) is 88.8 cm³/mol. The summed E-state index contributed by atoms with van der Waals surface area (Å²) in [7, 11) is 0. The molecule has 21 heavy (non-hydrogen) atoms. The average Bonchev–Trinajstić information content (AvgIpc) is 2.85. The summed E-state index contributed by atoms with van der Waals surface area (Å²) in [5, 5.41) is 3.84. The average molecular weight is 366 g/mol. The minimum Gasteiger partial charge on any atom is -0.378 e. The van der Waals surface area contributed by atoms with Crippen LogP contribution in [0.1, 0.15) is 33.9 Å². The summed E-state index contributed by atoms with van der Waals surface area (Å²) in [5.74, 6) is -0.516. The zero-order chi connectivity index (χ0) is 15.0. The Morgan fingerprint density at radius 2 is 2.14 bits per heavy atom. The molecule has 1 amide bonds. The van der Waals surface area contributed by atoms with Crippen molar-refractivity contribution in [2.75, 3.05) is 5.32 Å². The molecule has 0 aliphatic heterocycles. The highest BCUT2D eigenvalue weighted by atomic mass is 79.9. The van der Waals surface area contributed by atoms with Crippen LogP contribution in [-0.2, 0) is 6.42 Å². The van der Waals surface area contributed by atoms with Crippen molar-refractivity contribution >= 4 is 39.1 Å². The molecule has 1 aliphatic carbocycles. The summed E-state index contributed by atoms with van der Waals surface area (Å²) in [5.41, 5.74) is 9.16. The smallest absolute Gasteiger partial charge is 0.250 e. The van der Waals surface area contributed by atoms with Crippen molar-refractivity contribution < 1.29 is 4.79 Å². The molecule has 0 radical (unpaired) electrons. The van der Waals surface area contributed by atoms with E-state index in [1.54, 1.807) is 12.1 Å². The number of halogens is 2. The van der Waals surface area contributed by atoms with E-state index in [1.807, 2.05) is 12.1 Å². The van der Waals surface area contributed by atoms with Crippen molar-refractivity contribution in [1.29, 1.82) is 0 Å². The maximum absolute atomic E-state index is 11.4. The Hall–Kier alpha value is -1.52. The van der Waals surface area contributed by atoms with Crippen molar-refractivity contribution in [1.82, 2.24) is 0 Å². The third-order valence-electron chi connectivity index (χ3n) is 3.79. The Balaban J connectivity index is 1.88. The molecule has 3 rings (SSSR count). The lowest BCUT2D eigenvalue weighted by Crippen LogP contribution is -2.13. The van der Waals surface area contributed by atoms with Gasteiger partial charge in [-0.3, -0.25) is 4.79 Å². The Morgan fingerprint density at radius 3 is 2.90 bits per heavy atom. The molecule has 0 saturated heterocycles. The second-order valence-electron chi connectivity index (χ2n) is 5.10. The summed E-state index contributed by atoms with van der Waals surface area (Å²) in [6.45, 7) is 0. The van der Waals surface area contributed by atoms with Crippen LogP contribution in [-0.4, -0.2) is 5.91 Å². The molecule has 3 nitrogen and oxygen atoms in total. The Bertz CT molecular complexity index is 717. The molecule has 2 aromatic rings. The molecule has 0 aromatic heterocycles. The highest BCUT2D eigenvalue weighted by molar-refractivity contribution is 9.10. The molecule has 0 bridgehead atoms. The fourth-order valence-corrected chi connectivity index (χ4v) is 3.56. The Labute approximate surface area is 136 Å². The van der Waals surface area contributed by atoms with Gasteiger partial charge >= 0.3 is 0 Å². The summed E-state index contributed by atoms with van der Waals surface area (Å²) >= 11 is 9.57. The first-order valence-corrected chi connectivity index (χ1v) is 7.86. The van der Waals surface area contributed by atoms with Crippen LogP contribution in [0, 0.1) is 0 Å². The largest absolute Gasteiger partial charge is 0.378 e. The van der Waals surface area contributed by atoms with Gasteiger partial charge in [0, 0.05) is 10.2 Å². The normalized spacial score (nSPS) is 16.6. The molecule has 1 unspecified atom stereocenters. The van der Waals surface area contributed by atoms with Gasteiger partial charge in [0.2, 0.25) is 5.91 Å². The molecule has 2 aromatic carbocycles. The van der Waals surface area contributed by atoms with Gasteiger partial charge < -0.3 is 11.1 Å². The highest BCUT2D eigenvalue weighted by Gasteiger charge is 2.24. The fraction of sp³-hybridized carbons (Fsp3) is 0.188. The zero-order valence-electron chi connectivity index (χ0n) is 11.2. The number of nitrogens with two attached hydrogens (primary N) is 1. The number of benzene rings is 2. The van der Waals surface area contributed by atoms with E-state index in [4.69, 9.17) is 17.3 Å². The number of fused-ring (bicyclic) bond motifs is 1. The molecule has 5 heteroatoms. The van der Waals surface area contributed by atoms with E-state index in [1.165, 1.54) is 11.1 Å². The third-order valence-corrected chi connectivity index (χ3v) is 4.86. The van der Waals surface area contributed by atoms with Crippen LogP contribution in [0.5, 0.6) is 0 Å². The monoisotopic (exact) mass is 364 g/mol. The highest BCUT2D eigenvalue weighted by Crippen LogP contribution is 2.37. The minimum absolute atomic E-state index is 0.236. The first kappa shape index (κ1) is 14.4. The summed E-state index contributed by atoms with van der Waals surface area (Å²) < 4.78 is 1.15. The lowest BCUT2D eigenvalue weighted by Gasteiger charge is -2.16. The molecule has 1 atom stereocenters. The van der Waals surface area contributed by atoms with Crippen molar-refractivity contribution in [2.45, 2.75) is 18.9 Å². The zero-order valence-corrected chi connectivity index (χ0v) is 13.5. The topological polar surface area (TPSA) is 55.1 Å². The maximum Gasteiger partial charge on any atom is 0.250 e. The summed E-state index contributed by atoms with van der Waals surface area (Å²) in [4.78, 5) is 11.4. The van der Waals surface area contributed by atoms with E-state index >= 15 is 0 Å². The summed E-state index contributed by atoms with van der Waals surface area (Å²) in [6, 6.07) is 11.7. The van der Waals surface area contributed by atoms with Crippen LogP contribution in [0.3, 0.4) is 0 Å². The van der Waals surface area contributed by atoms with Crippen LogP contribution >= 0.6 is 27.5 Å². The molecule has 1 aliphatic rings. The van der Waals surface area contributed by atoms with Crippen molar-refractivity contribution in [3.05, 3.63) is 62.6 Å². The van der Waals surface area contributed by atoms with Crippen molar-refractivity contribution in [3.63, 3.8) is 0 Å². The number of primary amides is 1. The Morgan fingerprint density at radius 1 is 1.33 bits per heavy atom. The first-order chi connectivity index (χ1) is 10.1. The second kappa shape index (κ2) is 5.70. The molecule has 0 heterocycles. The van der Waals surface area contributed by atoms with Gasteiger partial charge in [-0.1, -0.05) is 39.7 Å². The molecule has 108 valence electrons. The van der Waals surface area contributed by atoms with Crippen LogP contribution < -0.4 is 11.1 Å². The number of nitrogens with one attached hydrogen (secondary N) is 1. The minimum atomic E-state index is -0.516. The van der Waals surface area contributed by atoms with E-state index in [9.17, 15) is 4.79 Å². The molecule has 0 fully saturated rings. The molecule has 0 saturated carbocycles. The first-order valence-electron chi connectivity index (χ1n) is 6.69. The number of anilines is 1. The van der Waals surface area contributed by atoms with E-state index in [0.717, 1.165) is 23.0 Å². The second-order valence-corrected chi connectivity index (χ2v) is 6.36. The van der Waals surface area contributed by atoms with Gasteiger partial charge in [-0.2, -0.15) is 0 Å². The van der Waals surface area contributed by atoms with E-state index in [0.29, 0.717) is 10.6 Å². The standard InChI is InChI=1S/C16H14BrClN2O/c17-13-3-1-2-11-10(13)5-7-15(11)20-9-4-6-14(18)12(8-9)16(19)21/h1-4,6,8,15,20H,5,7H2,(H2,19,21). The number of amides is 1. The number of carbonyl (C=O) groups is 1. The molecule has 0 spiro atoms. The van der Waals surface area contributed by atoms with Crippen LogP contribution in [0.2, 0.25) is 5.02 Å². The van der Waals surface area contributed by atoms with Gasteiger partial charge in [-0.15, -0.1) is 0 Å². The van der Waals surface area contributed by atoms with Crippen LogP contribution in [0.15, 0.2) is 40.9 Å². The van der Waals surface area contributed by atoms with Gasteiger partial charge in [-0.05, 0) is 48.2 Å². The maximum atomic E-state index is 11.4. The SMILES string of the molecule is NC(=O)c1cc(NC2CCc3c(Br)cccc32)ccc1Cl. The lowest BCUT2D eigenvalue weighted by molar-refractivity contribution is 0.100. The van der Waals surface area contributed by atoms with Crippen LogP contribution in [0.25, 0.3) is 0 Å². The van der Waals surface area contributed by atoms with Gasteiger partial charge in [0.25, 0.3) is 0 Å². The predicted octanol–water partition coefficient (Wildman–Crippen LogP) is 4.30. The van der Waals surface area contributed by atoms with Gasteiger partial charge in [0.15, 0.2) is 0 Å². The molecular formula is C16H14BrClN2O. The fourth-order valence-electron chi connectivity index (χ4n) is 2.76. The molecule has 3 N–H and O–H groups in total. The van der Waals surface area contributed by atoms with E-state index in [-0.39, 0.29) is 6.04 Å². The van der Waals surface area contributed by atoms with E-state index < -0.39 is 5.91 Å². The number of hydrogen-bond acceptors (Lipinski definition) is 2. The number of rotatable bonds is 3. The lowest BCUT2D eigenvalue weighted by atomic mass is 10.1. The number of carbonyl (C=O) groups excluding carboxylic acids is 1. The molecular weight excluding hydrogens is 352 g/mol. The number of hydrogen-bond donors (Lipinski definition) is 2. The van der Waals surface area contributed by atoms with Gasteiger partial charge in [0.05, 0.1) is 16.6 Å². The summed E-state index contributed by atoms with van der Waals surface area (Å²) in [6.07, 6.45) is 2.05. The Kier molecular flexibility index (Phi) is 3.91. The van der Waals surface area contributed by atoms with E-state index in [2.05, 4.69) is 33.4 Å². The van der Waals surface area contributed by atoms with Crippen molar-refractivity contribution in [2.24, 2.45) is 5.73 Å². The third kappa shape index (κ3) is 2.78. The van der Waals surface area contributed by atoms with Gasteiger partial charge in [-0.25, -0.2) is 0 Å². The van der Waals surface area contributed by atoms with Crippen LogP contribution in [0.4, 0.5) is 5.69 Å².